The predicted molar refractivity (Wildman–Crippen MR) is 79.8 cm³/mol. The van der Waals surface area contributed by atoms with Crippen molar-refractivity contribution in [1.82, 2.24) is 0 Å². The van der Waals surface area contributed by atoms with Gasteiger partial charge in [0.2, 0.25) is 0 Å². The highest BCUT2D eigenvalue weighted by Crippen LogP contribution is 2.18. The summed E-state index contributed by atoms with van der Waals surface area (Å²) in [7, 11) is 0. The Morgan fingerprint density at radius 1 is 0.842 bits per heavy atom. The van der Waals surface area contributed by atoms with E-state index in [1.54, 1.807) is 24.3 Å². The van der Waals surface area contributed by atoms with Crippen LogP contribution in [0.5, 0.6) is 11.5 Å². The van der Waals surface area contributed by atoms with Gasteiger partial charge < -0.3 is 10.2 Å². The average molecular weight is 258 g/mol. The van der Waals surface area contributed by atoms with Gasteiger partial charge in [0.1, 0.15) is 11.5 Å². The van der Waals surface area contributed by atoms with Gasteiger partial charge >= 0.3 is 0 Å². The van der Waals surface area contributed by atoms with Crippen LogP contribution in [0.4, 0.5) is 0 Å². The number of hydrogen-bond donors (Lipinski definition) is 2. The molecule has 0 radical (unpaired) electrons. The van der Waals surface area contributed by atoms with Gasteiger partial charge in [-0.05, 0) is 73.7 Å². The van der Waals surface area contributed by atoms with E-state index in [9.17, 15) is 0 Å². The van der Waals surface area contributed by atoms with Crippen LogP contribution in [0.15, 0.2) is 36.4 Å². The maximum absolute atomic E-state index is 9.12. The fourth-order valence-corrected chi connectivity index (χ4v) is 1.79. The van der Waals surface area contributed by atoms with Crippen LogP contribution in [-0.2, 0) is 6.42 Å². The molecule has 0 heterocycles. The molecule has 0 saturated heterocycles. The summed E-state index contributed by atoms with van der Waals surface area (Å²) >= 11 is 0. The van der Waals surface area contributed by atoms with Crippen LogP contribution in [0.1, 0.15) is 29.2 Å². The van der Waals surface area contributed by atoms with Gasteiger partial charge in [0.15, 0.2) is 0 Å². The molecule has 0 atom stereocenters. The topological polar surface area (TPSA) is 40.5 Å². The lowest BCUT2D eigenvalue weighted by Gasteiger charge is -2.03. The van der Waals surface area contributed by atoms with E-state index in [4.69, 9.17) is 10.2 Å². The molecule has 0 spiro atoms. The monoisotopic (exact) mass is 258 g/mol. The maximum atomic E-state index is 9.12. The van der Waals surface area contributed by atoms with E-state index in [0.717, 1.165) is 17.5 Å². The Morgan fingerprint density at radius 2 is 1.42 bits per heavy atom. The fraction of sp³-hybridized carbons (Fsp3) is 0.294. The van der Waals surface area contributed by atoms with Gasteiger partial charge in [-0.15, -0.1) is 0 Å². The minimum atomic E-state index is 0.356. The van der Waals surface area contributed by atoms with Crippen LogP contribution >= 0.6 is 0 Å². The number of phenols is 2. The summed E-state index contributed by atoms with van der Waals surface area (Å²) in [6.45, 7) is 8.13. The van der Waals surface area contributed by atoms with Crippen molar-refractivity contribution in [3.63, 3.8) is 0 Å². The molecule has 0 aliphatic carbocycles. The van der Waals surface area contributed by atoms with Crippen LogP contribution in [0.3, 0.4) is 0 Å². The Hall–Kier alpha value is -1.96. The van der Waals surface area contributed by atoms with E-state index < -0.39 is 0 Å². The lowest BCUT2D eigenvalue weighted by molar-refractivity contribution is 0.474. The van der Waals surface area contributed by atoms with Gasteiger partial charge in [0.25, 0.3) is 0 Å². The quantitative estimate of drug-likeness (QED) is 0.801. The van der Waals surface area contributed by atoms with Crippen LogP contribution in [0.25, 0.3) is 0 Å². The molecular weight excluding hydrogens is 236 g/mol. The molecule has 0 fully saturated rings. The molecule has 0 aliphatic heterocycles. The molecule has 102 valence electrons. The molecular formula is C17H22O2. The molecule has 2 rings (SSSR count). The van der Waals surface area contributed by atoms with E-state index in [1.165, 1.54) is 11.1 Å². The molecule has 0 unspecified atom stereocenters. The first-order valence-electron chi connectivity index (χ1n) is 6.48. The first-order valence-corrected chi connectivity index (χ1v) is 6.48. The second-order valence-electron chi connectivity index (χ2n) is 4.73. The lowest BCUT2D eigenvalue weighted by Crippen LogP contribution is -1.84. The van der Waals surface area contributed by atoms with E-state index in [1.807, 2.05) is 26.0 Å². The summed E-state index contributed by atoms with van der Waals surface area (Å²) in [5.41, 5.74) is 4.74. The zero-order valence-electron chi connectivity index (χ0n) is 12.1. The van der Waals surface area contributed by atoms with Crippen molar-refractivity contribution >= 4 is 0 Å². The second-order valence-corrected chi connectivity index (χ2v) is 4.73. The van der Waals surface area contributed by atoms with Gasteiger partial charge in [-0.3, -0.25) is 0 Å². The third-order valence-corrected chi connectivity index (χ3v) is 3.23. The molecule has 19 heavy (non-hydrogen) atoms. The van der Waals surface area contributed by atoms with E-state index >= 15 is 0 Å². The molecule has 0 saturated carbocycles. The van der Waals surface area contributed by atoms with E-state index in [-0.39, 0.29) is 0 Å². The highest BCUT2D eigenvalue weighted by Gasteiger charge is 1.97. The summed E-state index contributed by atoms with van der Waals surface area (Å²) in [6.07, 6.45) is 0.981. The van der Waals surface area contributed by atoms with Crippen molar-refractivity contribution in [2.24, 2.45) is 0 Å². The number of aromatic hydroxyl groups is 2. The predicted octanol–water partition coefficient (Wildman–Crippen LogP) is 4.27. The molecule has 2 N–H and O–H groups in total. The van der Waals surface area contributed by atoms with Crippen molar-refractivity contribution in [1.29, 1.82) is 0 Å². The molecule has 2 aromatic carbocycles. The Kier molecular flexibility index (Phi) is 5.43. The van der Waals surface area contributed by atoms with Crippen molar-refractivity contribution in [3.05, 3.63) is 58.7 Å². The number of benzene rings is 2. The third kappa shape index (κ3) is 4.66. The van der Waals surface area contributed by atoms with Gasteiger partial charge in [-0.1, -0.05) is 19.1 Å². The van der Waals surface area contributed by atoms with Crippen molar-refractivity contribution < 1.29 is 10.2 Å². The summed E-state index contributed by atoms with van der Waals surface area (Å²) in [5, 5.41) is 18.1. The number of phenolic OH excluding ortho intramolecular Hbond substituents is 2. The lowest BCUT2D eigenvalue weighted by atomic mass is 10.0. The molecule has 2 aromatic rings. The van der Waals surface area contributed by atoms with E-state index in [2.05, 4.69) is 13.8 Å². The first-order chi connectivity index (χ1) is 8.93. The van der Waals surface area contributed by atoms with Crippen LogP contribution in [0.2, 0.25) is 0 Å². The van der Waals surface area contributed by atoms with Crippen molar-refractivity contribution in [2.45, 2.75) is 34.1 Å². The largest absolute Gasteiger partial charge is 0.508 e. The SMILES string of the molecule is CCc1cccc(O)c1.Cc1cc(O)cc(C)c1C. The van der Waals surface area contributed by atoms with Crippen LogP contribution in [-0.4, -0.2) is 10.2 Å². The van der Waals surface area contributed by atoms with Crippen molar-refractivity contribution in [2.75, 3.05) is 0 Å². The van der Waals surface area contributed by atoms with E-state index in [0.29, 0.717) is 11.5 Å². The minimum Gasteiger partial charge on any atom is -0.508 e. The summed E-state index contributed by atoms with van der Waals surface area (Å²) in [4.78, 5) is 0. The highest BCUT2D eigenvalue weighted by molar-refractivity contribution is 5.39. The van der Waals surface area contributed by atoms with Crippen molar-refractivity contribution in [3.8, 4) is 11.5 Å². The zero-order chi connectivity index (χ0) is 14.4. The Bertz CT molecular complexity index is 522. The first kappa shape index (κ1) is 15.1. The average Bonchev–Trinajstić information content (AvgIpc) is 2.36. The number of aryl methyl sites for hydroxylation is 3. The number of hydrogen-bond acceptors (Lipinski definition) is 2. The maximum Gasteiger partial charge on any atom is 0.116 e. The summed E-state index contributed by atoms with van der Waals surface area (Å²) in [6, 6.07) is 10.9. The number of rotatable bonds is 1. The third-order valence-electron chi connectivity index (χ3n) is 3.23. The second kappa shape index (κ2) is 6.83. The van der Waals surface area contributed by atoms with Gasteiger partial charge in [-0.2, -0.15) is 0 Å². The molecule has 2 heteroatoms. The minimum absolute atomic E-state index is 0.356. The Balaban J connectivity index is 0.000000191. The Labute approximate surface area is 115 Å². The summed E-state index contributed by atoms with van der Waals surface area (Å²) in [5.74, 6) is 0.718. The van der Waals surface area contributed by atoms with Crippen LogP contribution < -0.4 is 0 Å². The zero-order valence-corrected chi connectivity index (χ0v) is 12.1. The molecule has 0 aliphatic rings. The standard InChI is InChI=1S/C9H12O.C8H10O/c1-6-4-9(10)5-7(2)8(6)3;1-2-7-4-3-5-8(9)6-7/h4-5,10H,1-3H3;3-6,9H,2H2,1H3. The van der Waals surface area contributed by atoms with Crippen LogP contribution in [0, 0.1) is 20.8 Å². The van der Waals surface area contributed by atoms with Gasteiger partial charge in [-0.25, -0.2) is 0 Å². The fourth-order valence-electron chi connectivity index (χ4n) is 1.79. The smallest absolute Gasteiger partial charge is 0.116 e. The Morgan fingerprint density at radius 3 is 1.84 bits per heavy atom. The summed E-state index contributed by atoms with van der Waals surface area (Å²) < 4.78 is 0. The highest BCUT2D eigenvalue weighted by atomic mass is 16.3. The molecule has 0 aromatic heterocycles. The molecule has 0 amide bonds. The molecule has 2 nitrogen and oxygen atoms in total. The van der Waals surface area contributed by atoms with Gasteiger partial charge in [0.05, 0.1) is 0 Å². The van der Waals surface area contributed by atoms with Gasteiger partial charge in [0, 0.05) is 0 Å². The normalized spacial score (nSPS) is 9.68. The molecule has 0 bridgehead atoms.